The molecule has 1 heterocycles. The SMILES string of the molecule is COc1cc(-n2nnnc2CC(=O)O)c(OC)cc1Cl. The van der Waals surface area contributed by atoms with Crippen LogP contribution >= 0.6 is 11.6 Å². The molecule has 2 aromatic rings. The minimum atomic E-state index is -1.04. The highest BCUT2D eigenvalue weighted by molar-refractivity contribution is 6.32. The summed E-state index contributed by atoms with van der Waals surface area (Å²) >= 11 is 6.01. The number of hydrogen-bond donors (Lipinski definition) is 1. The van der Waals surface area contributed by atoms with E-state index in [2.05, 4.69) is 15.5 Å². The van der Waals surface area contributed by atoms with Gasteiger partial charge in [0.25, 0.3) is 0 Å². The highest BCUT2D eigenvalue weighted by atomic mass is 35.5. The van der Waals surface area contributed by atoms with Crippen LogP contribution in [0.3, 0.4) is 0 Å². The highest BCUT2D eigenvalue weighted by Crippen LogP contribution is 2.34. The second-order valence-corrected chi connectivity index (χ2v) is 4.14. The molecule has 0 atom stereocenters. The Morgan fingerprint density at radius 2 is 2.05 bits per heavy atom. The van der Waals surface area contributed by atoms with E-state index in [1.54, 1.807) is 12.1 Å². The number of methoxy groups -OCH3 is 2. The predicted octanol–water partition coefficient (Wildman–Crippen LogP) is 0.960. The molecule has 0 aliphatic heterocycles. The van der Waals surface area contributed by atoms with Crippen LogP contribution in [0.4, 0.5) is 0 Å². The number of rotatable bonds is 5. The summed E-state index contributed by atoms with van der Waals surface area (Å²) in [5, 5.41) is 20.1. The molecular weight excluding hydrogens is 288 g/mol. The fourth-order valence-electron chi connectivity index (χ4n) is 1.65. The third-order valence-electron chi connectivity index (χ3n) is 2.52. The minimum Gasteiger partial charge on any atom is -0.495 e. The maximum atomic E-state index is 10.8. The van der Waals surface area contributed by atoms with Crippen LogP contribution < -0.4 is 9.47 Å². The number of tetrazole rings is 1. The first-order valence-corrected chi connectivity index (χ1v) is 5.85. The van der Waals surface area contributed by atoms with Gasteiger partial charge in [-0.2, -0.15) is 4.68 Å². The normalized spacial score (nSPS) is 10.3. The molecule has 0 aliphatic carbocycles. The lowest BCUT2D eigenvalue weighted by atomic mass is 10.2. The summed E-state index contributed by atoms with van der Waals surface area (Å²) in [5.74, 6) is -0.0740. The molecule has 1 aromatic heterocycles. The average molecular weight is 299 g/mol. The van der Waals surface area contributed by atoms with Crippen LogP contribution in [0, 0.1) is 0 Å². The van der Waals surface area contributed by atoms with Crippen LogP contribution in [-0.4, -0.2) is 45.5 Å². The molecule has 0 aliphatic rings. The summed E-state index contributed by atoms with van der Waals surface area (Å²) in [6.07, 6.45) is -0.318. The van der Waals surface area contributed by atoms with Gasteiger partial charge in [-0.1, -0.05) is 11.6 Å². The molecule has 0 amide bonds. The van der Waals surface area contributed by atoms with Crippen molar-refractivity contribution in [2.75, 3.05) is 14.2 Å². The van der Waals surface area contributed by atoms with E-state index in [0.29, 0.717) is 22.2 Å². The van der Waals surface area contributed by atoms with Crippen molar-refractivity contribution in [2.45, 2.75) is 6.42 Å². The summed E-state index contributed by atoms with van der Waals surface area (Å²) in [6.45, 7) is 0. The third-order valence-corrected chi connectivity index (χ3v) is 2.82. The highest BCUT2D eigenvalue weighted by Gasteiger charge is 2.18. The number of carbonyl (C=O) groups is 1. The first-order valence-electron chi connectivity index (χ1n) is 5.47. The third kappa shape index (κ3) is 2.64. The molecule has 0 fully saturated rings. The zero-order valence-corrected chi connectivity index (χ0v) is 11.5. The number of carboxylic acid groups (broad SMARTS) is 1. The van der Waals surface area contributed by atoms with E-state index in [4.69, 9.17) is 26.2 Å². The lowest BCUT2D eigenvalue weighted by molar-refractivity contribution is -0.136. The standard InChI is InChI=1S/C11H11ClN4O4/c1-19-8-4-7(9(20-2)3-6(8)12)16-10(5-11(17)18)13-14-15-16/h3-4H,5H2,1-2H3,(H,17,18). The molecule has 0 spiro atoms. The summed E-state index contributed by atoms with van der Waals surface area (Å²) < 4.78 is 11.6. The Hall–Kier alpha value is -2.35. The first-order chi connectivity index (χ1) is 9.56. The van der Waals surface area contributed by atoms with Gasteiger partial charge in [0.15, 0.2) is 5.82 Å². The molecule has 8 nitrogen and oxygen atoms in total. The Morgan fingerprint density at radius 1 is 1.35 bits per heavy atom. The van der Waals surface area contributed by atoms with Crippen molar-refractivity contribution >= 4 is 17.6 Å². The van der Waals surface area contributed by atoms with Crippen LogP contribution in [0.5, 0.6) is 11.5 Å². The number of carboxylic acids is 1. The molecule has 0 saturated heterocycles. The van der Waals surface area contributed by atoms with Gasteiger partial charge in [0.2, 0.25) is 0 Å². The Balaban J connectivity index is 2.56. The van der Waals surface area contributed by atoms with Crippen LogP contribution in [0.15, 0.2) is 12.1 Å². The number of halogens is 1. The van der Waals surface area contributed by atoms with E-state index in [1.807, 2.05) is 0 Å². The number of benzene rings is 1. The first kappa shape index (κ1) is 14.1. The topological polar surface area (TPSA) is 99.4 Å². The summed E-state index contributed by atoms with van der Waals surface area (Å²) in [6, 6.07) is 3.12. The summed E-state index contributed by atoms with van der Waals surface area (Å²) in [7, 11) is 2.93. The second-order valence-electron chi connectivity index (χ2n) is 3.74. The summed E-state index contributed by atoms with van der Waals surface area (Å²) in [5.41, 5.74) is 0.440. The maximum Gasteiger partial charge on any atom is 0.311 e. The average Bonchev–Trinajstić information content (AvgIpc) is 2.85. The van der Waals surface area contributed by atoms with Gasteiger partial charge in [-0.05, 0) is 10.4 Å². The van der Waals surface area contributed by atoms with E-state index in [-0.39, 0.29) is 12.2 Å². The fourth-order valence-corrected chi connectivity index (χ4v) is 1.88. The second kappa shape index (κ2) is 5.74. The molecule has 2 rings (SSSR count). The van der Waals surface area contributed by atoms with Crippen LogP contribution in [0.2, 0.25) is 5.02 Å². The van der Waals surface area contributed by atoms with Crippen molar-refractivity contribution < 1.29 is 19.4 Å². The number of aliphatic carboxylic acids is 1. The molecular formula is C11H11ClN4O4. The lowest BCUT2D eigenvalue weighted by Crippen LogP contribution is -2.10. The Kier molecular flexibility index (Phi) is 4.04. The quantitative estimate of drug-likeness (QED) is 0.877. The fraction of sp³-hybridized carbons (Fsp3) is 0.273. The van der Waals surface area contributed by atoms with Crippen molar-refractivity contribution in [2.24, 2.45) is 0 Å². The minimum absolute atomic E-state index is 0.167. The monoisotopic (exact) mass is 298 g/mol. The number of nitrogens with zero attached hydrogens (tertiary/aromatic N) is 4. The van der Waals surface area contributed by atoms with E-state index < -0.39 is 5.97 Å². The molecule has 0 saturated carbocycles. The lowest BCUT2D eigenvalue weighted by Gasteiger charge is -2.12. The molecule has 20 heavy (non-hydrogen) atoms. The van der Waals surface area contributed by atoms with Gasteiger partial charge in [0.05, 0.1) is 19.2 Å². The largest absolute Gasteiger partial charge is 0.495 e. The Labute approximate surface area is 118 Å². The van der Waals surface area contributed by atoms with Crippen molar-refractivity contribution in [1.82, 2.24) is 20.2 Å². The molecule has 0 unspecified atom stereocenters. The number of hydrogen-bond acceptors (Lipinski definition) is 6. The van der Waals surface area contributed by atoms with Gasteiger partial charge in [-0.15, -0.1) is 5.10 Å². The smallest absolute Gasteiger partial charge is 0.311 e. The van der Waals surface area contributed by atoms with E-state index in [1.165, 1.54) is 18.9 Å². The van der Waals surface area contributed by atoms with Gasteiger partial charge in [0, 0.05) is 12.1 Å². The van der Waals surface area contributed by atoms with Gasteiger partial charge in [-0.3, -0.25) is 4.79 Å². The maximum absolute atomic E-state index is 10.8. The predicted molar refractivity (Wildman–Crippen MR) is 68.6 cm³/mol. The Bertz CT molecular complexity index is 643. The van der Waals surface area contributed by atoms with Crippen molar-refractivity contribution in [1.29, 1.82) is 0 Å². The molecule has 1 aromatic carbocycles. The van der Waals surface area contributed by atoms with E-state index in [0.717, 1.165) is 0 Å². The Morgan fingerprint density at radius 3 is 2.65 bits per heavy atom. The van der Waals surface area contributed by atoms with Crippen LogP contribution in [0.1, 0.15) is 5.82 Å². The van der Waals surface area contributed by atoms with E-state index >= 15 is 0 Å². The zero-order chi connectivity index (χ0) is 14.7. The van der Waals surface area contributed by atoms with Crippen molar-refractivity contribution in [3.8, 4) is 17.2 Å². The van der Waals surface area contributed by atoms with Crippen LogP contribution in [0.25, 0.3) is 5.69 Å². The van der Waals surface area contributed by atoms with Crippen molar-refractivity contribution in [3.63, 3.8) is 0 Å². The van der Waals surface area contributed by atoms with Crippen molar-refractivity contribution in [3.05, 3.63) is 23.0 Å². The molecule has 9 heteroatoms. The number of ether oxygens (including phenoxy) is 2. The van der Waals surface area contributed by atoms with Gasteiger partial charge < -0.3 is 14.6 Å². The van der Waals surface area contributed by atoms with Gasteiger partial charge in [-0.25, -0.2) is 0 Å². The number of aromatic nitrogens is 4. The summed E-state index contributed by atoms with van der Waals surface area (Å²) in [4.78, 5) is 10.8. The molecule has 0 bridgehead atoms. The molecule has 106 valence electrons. The van der Waals surface area contributed by atoms with Crippen LogP contribution in [-0.2, 0) is 11.2 Å². The molecule has 1 N–H and O–H groups in total. The van der Waals surface area contributed by atoms with Gasteiger partial charge in [0.1, 0.15) is 23.6 Å². The zero-order valence-electron chi connectivity index (χ0n) is 10.7. The van der Waals surface area contributed by atoms with E-state index in [9.17, 15) is 4.79 Å². The van der Waals surface area contributed by atoms with Gasteiger partial charge >= 0.3 is 5.97 Å². The molecule has 0 radical (unpaired) electrons.